The topological polar surface area (TPSA) is 35.5 Å². The van der Waals surface area contributed by atoms with Gasteiger partial charge in [0, 0.05) is 6.61 Å². The maximum absolute atomic E-state index is 11.8. The predicted molar refractivity (Wildman–Crippen MR) is 71.8 cm³/mol. The maximum atomic E-state index is 11.8. The van der Waals surface area contributed by atoms with E-state index in [-0.39, 0.29) is 5.97 Å². The van der Waals surface area contributed by atoms with E-state index in [0.717, 1.165) is 19.3 Å². The number of ether oxygens (including phenoxy) is 2. The molecule has 1 aromatic rings. The van der Waals surface area contributed by atoms with E-state index in [4.69, 9.17) is 9.47 Å². The third kappa shape index (κ3) is 5.32. The first-order valence-electron chi connectivity index (χ1n) is 6.61. The molecule has 3 heteroatoms. The van der Waals surface area contributed by atoms with Gasteiger partial charge in [-0.25, -0.2) is 4.79 Å². The summed E-state index contributed by atoms with van der Waals surface area (Å²) in [5, 5.41) is 0. The van der Waals surface area contributed by atoms with Crippen LogP contribution in [0.4, 0.5) is 0 Å². The molecule has 100 valence electrons. The smallest absolute Gasteiger partial charge is 0.338 e. The van der Waals surface area contributed by atoms with Gasteiger partial charge >= 0.3 is 5.97 Å². The molecule has 0 aliphatic heterocycles. The van der Waals surface area contributed by atoms with E-state index in [1.807, 2.05) is 25.1 Å². The van der Waals surface area contributed by atoms with Crippen molar-refractivity contribution >= 4 is 5.97 Å². The summed E-state index contributed by atoms with van der Waals surface area (Å²) in [5.41, 5.74) is 1.80. The van der Waals surface area contributed by atoms with Gasteiger partial charge in [0.25, 0.3) is 0 Å². The van der Waals surface area contributed by atoms with Gasteiger partial charge in [-0.05, 0) is 30.5 Å². The Kier molecular flexibility index (Phi) is 7.11. The van der Waals surface area contributed by atoms with Gasteiger partial charge in [-0.15, -0.1) is 0 Å². The minimum Gasteiger partial charge on any atom is -0.460 e. The van der Waals surface area contributed by atoms with Gasteiger partial charge in [0.05, 0.1) is 12.2 Å². The van der Waals surface area contributed by atoms with Gasteiger partial charge in [0.1, 0.15) is 6.61 Å². The van der Waals surface area contributed by atoms with Gasteiger partial charge in [-0.2, -0.15) is 0 Å². The highest BCUT2D eigenvalue weighted by Crippen LogP contribution is 2.08. The summed E-state index contributed by atoms with van der Waals surface area (Å²) in [6, 6.07) is 7.62. The summed E-state index contributed by atoms with van der Waals surface area (Å²) in [6.45, 7) is 5.66. The van der Waals surface area contributed by atoms with Crippen LogP contribution < -0.4 is 0 Å². The second kappa shape index (κ2) is 8.70. The highest BCUT2D eigenvalue weighted by atomic mass is 16.6. The Labute approximate surface area is 109 Å². The van der Waals surface area contributed by atoms with Crippen molar-refractivity contribution in [3.8, 4) is 0 Å². The number of carbonyl (C=O) groups excluding carboxylic acids is 1. The lowest BCUT2D eigenvalue weighted by molar-refractivity contribution is 0.0318. The van der Waals surface area contributed by atoms with Crippen molar-refractivity contribution in [2.75, 3.05) is 19.8 Å². The van der Waals surface area contributed by atoms with Crippen molar-refractivity contribution in [3.63, 3.8) is 0 Å². The molecular weight excluding hydrogens is 228 g/mol. The van der Waals surface area contributed by atoms with Crippen molar-refractivity contribution in [2.45, 2.75) is 33.1 Å². The molecule has 0 saturated carbocycles. The quantitative estimate of drug-likeness (QED) is 0.525. The van der Waals surface area contributed by atoms with Crippen molar-refractivity contribution in [1.29, 1.82) is 0 Å². The number of benzene rings is 1. The first kappa shape index (κ1) is 14.7. The summed E-state index contributed by atoms with van der Waals surface area (Å²) in [7, 11) is 0. The predicted octanol–water partition coefficient (Wildman–Crippen LogP) is 3.22. The molecule has 0 N–H and O–H groups in total. The van der Waals surface area contributed by atoms with Crippen LogP contribution in [0, 0.1) is 0 Å². The van der Waals surface area contributed by atoms with Gasteiger partial charge in [0.15, 0.2) is 0 Å². The van der Waals surface area contributed by atoms with Gasteiger partial charge < -0.3 is 9.47 Å². The van der Waals surface area contributed by atoms with E-state index in [1.165, 1.54) is 5.56 Å². The molecule has 0 spiro atoms. The summed E-state index contributed by atoms with van der Waals surface area (Å²) in [5.74, 6) is -0.270. The Morgan fingerprint density at radius 1 is 1.11 bits per heavy atom. The number of hydrogen-bond acceptors (Lipinski definition) is 3. The second-order valence-electron chi connectivity index (χ2n) is 4.20. The number of carbonyl (C=O) groups is 1. The molecule has 0 atom stereocenters. The summed E-state index contributed by atoms with van der Waals surface area (Å²) >= 11 is 0. The third-order valence-corrected chi connectivity index (χ3v) is 2.51. The Balaban J connectivity index is 2.38. The minimum absolute atomic E-state index is 0.270. The third-order valence-electron chi connectivity index (χ3n) is 2.51. The average Bonchev–Trinajstić information content (AvgIpc) is 2.39. The molecule has 0 saturated heterocycles. The van der Waals surface area contributed by atoms with E-state index < -0.39 is 0 Å². The van der Waals surface area contributed by atoms with Crippen LogP contribution in [0.3, 0.4) is 0 Å². The minimum atomic E-state index is -0.270. The molecule has 0 aliphatic carbocycles. The Bertz CT molecular complexity index is 361. The van der Waals surface area contributed by atoms with Crippen LogP contribution in [-0.2, 0) is 15.9 Å². The molecule has 0 heterocycles. The number of esters is 1. The summed E-state index contributed by atoms with van der Waals surface area (Å²) in [4.78, 5) is 11.8. The van der Waals surface area contributed by atoms with E-state index in [2.05, 4.69) is 6.92 Å². The van der Waals surface area contributed by atoms with E-state index in [1.54, 1.807) is 6.07 Å². The Morgan fingerprint density at radius 3 is 2.67 bits per heavy atom. The average molecular weight is 250 g/mol. The zero-order valence-corrected chi connectivity index (χ0v) is 11.3. The largest absolute Gasteiger partial charge is 0.460 e. The molecule has 0 radical (unpaired) electrons. The van der Waals surface area contributed by atoms with Crippen LogP contribution in [0.15, 0.2) is 24.3 Å². The zero-order chi connectivity index (χ0) is 13.2. The first-order chi connectivity index (χ1) is 8.77. The van der Waals surface area contributed by atoms with Crippen LogP contribution in [0.5, 0.6) is 0 Å². The lowest BCUT2D eigenvalue weighted by atomic mass is 10.1. The zero-order valence-electron chi connectivity index (χ0n) is 11.3. The fraction of sp³-hybridized carbons (Fsp3) is 0.533. The van der Waals surface area contributed by atoms with Crippen molar-refractivity contribution in [1.82, 2.24) is 0 Å². The number of aryl methyl sites for hydroxylation is 1. The highest BCUT2D eigenvalue weighted by molar-refractivity contribution is 5.89. The van der Waals surface area contributed by atoms with Gasteiger partial charge in [-0.3, -0.25) is 0 Å². The monoisotopic (exact) mass is 250 g/mol. The second-order valence-corrected chi connectivity index (χ2v) is 4.20. The Hall–Kier alpha value is -1.35. The van der Waals surface area contributed by atoms with Gasteiger partial charge in [0.2, 0.25) is 0 Å². The standard InChI is InChI=1S/C15H22O3/c1-3-6-13-7-5-8-14(12-13)15(16)18-11-10-17-9-4-2/h5,7-8,12H,3-4,6,9-11H2,1-2H3. The fourth-order valence-electron chi connectivity index (χ4n) is 1.67. The van der Waals surface area contributed by atoms with Crippen LogP contribution in [0.1, 0.15) is 42.6 Å². The normalized spacial score (nSPS) is 10.3. The van der Waals surface area contributed by atoms with Gasteiger partial charge in [-0.1, -0.05) is 32.4 Å². The summed E-state index contributed by atoms with van der Waals surface area (Å²) in [6.07, 6.45) is 3.04. The SMILES string of the molecule is CCCOCCOC(=O)c1cccc(CCC)c1. The molecule has 18 heavy (non-hydrogen) atoms. The molecule has 1 rings (SSSR count). The molecule has 3 nitrogen and oxygen atoms in total. The molecule has 0 fully saturated rings. The molecular formula is C15H22O3. The molecule has 0 amide bonds. The lowest BCUT2D eigenvalue weighted by Crippen LogP contribution is -2.11. The number of rotatable bonds is 8. The van der Waals surface area contributed by atoms with E-state index in [0.29, 0.717) is 25.4 Å². The maximum Gasteiger partial charge on any atom is 0.338 e. The van der Waals surface area contributed by atoms with Crippen molar-refractivity contribution in [3.05, 3.63) is 35.4 Å². The molecule has 0 bridgehead atoms. The number of hydrogen-bond donors (Lipinski definition) is 0. The summed E-state index contributed by atoms with van der Waals surface area (Å²) < 4.78 is 10.4. The van der Waals surface area contributed by atoms with Crippen molar-refractivity contribution in [2.24, 2.45) is 0 Å². The van der Waals surface area contributed by atoms with Crippen LogP contribution in [0.2, 0.25) is 0 Å². The first-order valence-corrected chi connectivity index (χ1v) is 6.61. The van der Waals surface area contributed by atoms with Crippen LogP contribution >= 0.6 is 0 Å². The Morgan fingerprint density at radius 2 is 1.94 bits per heavy atom. The van der Waals surface area contributed by atoms with E-state index >= 15 is 0 Å². The molecule has 0 unspecified atom stereocenters. The fourth-order valence-corrected chi connectivity index (χ4v) is 1.67. The van der Waals surface area contributed by atoms with Crippen LogP contribution in [0.25, 0.3) is 0 Å². The highest BCUT2D eigenvalue weighted by Gasteiger charge is 2.07. The molecule has 1 aromatic carbocycles. The molecule has 0 aromatic heterocycles. The molecule has 0 aliphatic rings. The van der Waals surface area contributed by atoms with Crippen molar-refractivity contribution < 1.29 is 14.3 Å². The van der Waals surface area contributed by atoms with Crippen LogP contribution in [-0.4, -0.2) is 25.8 Å². The lowest BCUT2D eigenvalue weighted by Gasteiger charge is -2.06. The van der Waals surface area contributed by atoms with E-state index in [9.17, 15) is 4.79 Å².